The van der Waals surface area contributed by atoms with E-state index in [1.807, 2.05) is 0 Å². The lowest BCUT2D eigenvalue weighted by Gasteiger charge is -2.24. The topological polar surface area (TPSA) is 49.8 Å². The third kappa shape index (κ3) is 6.03. The van der Waals surface area contributed by atoms with Gasteiger partial charge in [-0.15, -0.1) is 0 Å². The predicted molar refractivity (Wildman–Crippen MR) is 66.8 cm³/mol. The van der Waals surface area contributed by atoms with Crippen molar-refractivity contribution in [1.29, 1.82) is 0 Å². The molecule has 0 saturated heterocycles. The smallest absolute Gasteiger partial charge is 0.308 e. The summed E-state index contributed by atoms with van der Waals surface area (Å²) in [6.07, 6.45) is 4.31. The summed E-state index contributed by atoms with van der Waals surface area (Å²) in [5.74, 6) is -0.300. The van der Waals surface area contributed by atoms with E-state index in [2.05, 4.69) is 11.8 Å². The van der Waals surface area contributed by atoms with Gasteiger partial charge in [0.1, 0.15) is 0 Å². The summed E-state index contributed by atoms with van der Waals surface area (Å²) in [4.78, 5) is 13.5. The summed E-state index contributed by atoms with van der Waals surface area (Å²) in [6.45, 7) is 5.96. The van der Waals surface area contributed by atoms with Crippen LogP contribution in [0.15, 0.2) is 0 Å². The molecule has 0 amide bonds. The number of aliphatic hydroxyl groups excluding tert-OH is 1. The number of hydrogen-bond donors (Lipinski definition) is 1. The summed E-state index contributed by atoms with van der Waals surface area (Å²) >= 11 is 0. The van der Waals surface area contributed by atoms with Crippen LogP contribution >= 0.6 is 0 Å². The van der Waals surface area contributed by atoms with Crippen LogP contribution in [-0.2, 0) is 9.53 Å². The number of rotatable bonds is 9. The van der Waals surface area contributed by atoms with Gasteiger partial charge in [-0.3, -0.25) is 9.69 Å². The summed E-state index contributed by atoms with van der Waals surface area (Å²) in [7, 11) is 0. The van der Waals surface area contributed by atoms with Crippen molar-refractivity contribution >= 4 is 5.97 Å². The molecule has 4 nitrogen and oxygen atoms in total. The summed E-state index contributed by atoms with van der Waals surface area (Å²) in [6, 6.07) is 0.637. The summed E-state index contributed by atoms with van der Waals surface area (Å²) in [5, 5.41) is 9.85. The molecule has 0 bridgehead atoms. The molecule has 1 rings (SSSR count). The fourth-order valence-electron chi connectivity index (χ4n) is 1.97. The average molecular weight is 243 g/mol. The molecule has 1 unspecified atom stereocenters. The number of aliphatic hydroxyl groups is 1. The van der Waals surface area contributed by atoms with Crippen molar-refractivity contribution in [2.75, 3.05) is 19.7 Å². The molecular weight excluding hydrogens is 218 g/mol. The van der Waals surface area contributed by atoms with Crippen LogP contribution in [0.3, 0.4) is 0 Å². The standard InChI is InChI=1S/C13H25NO3/c1-3-5-8-14(11-6-7-11)10-12(15)9-13(16)17-4-2/h11-12,15H,3-10H2,1-2H3. The van der Waals surface area contributed by atoms with Crippen molar-refractivity contribution in [2.45, 2.75) is 58.1 Å². The highest BCUT2D eigenvalue weighted by Gasteiger charge is 2.30. The van der Waals surface area contributed by atoms with Crippen LogP contribution in [-0.4, -0.2) is 47.8 Å². The van der Waals surface area contributed by atoms with Gasteiger partial charge in [-0.25, -0.2) is 0 Å². The number of ether oxygens (including phenoxy) is 1. The highest BCUT2D eigenvalue weighted by molar-refractivity contribution is 5.69. The lowest BCUT2D eigenvalue weighted by molar-refractivity contribution is -0.145. The van der Waals surface area contributed by atoms with Crippen molar-refractivity contribution in [3.8, 4) is 0 Å². The molecule has 17 heavy (non-hydrogen) atoms. The highest BCUT2D eigenvalue weighted by Crippen LogP contribution is 2.27. The number of esters is 1. The molecule has 0 spiro atoms. The van der Waals surface area contributed by atoms with Gasteiger partial charge in [-0.05, 0) is 32.7 Å². The Bertz CT molecular complexity index is 229. The number of hydrogen-bond acceptors (Lipinski definition) is 4. The first-order valence-electron chi connectivity index (χ1n) is 6.75. The Morgan fingerprint density at radius 2 is 2.18 bits per heavy atom. The van der Waals surface area contributed by atoms with Crippen LogP contribution in [0, 0.1) is 0 Å². The maximum atomic E-state index is 11.2. The lowest BCUT2D eigenvalue weighted by Crippen LogP contribution is -2.36. The Labute approximate surface area is 104 Å². The number of nitrogens with zero attached hydrogens (tertiary/aromatic N) is 1. The fourth-order valence-corrected chi connectivity index (χ4v) is 1.97. The molecule has 0 heterocycles. The monoisotopic (exact) mass is 243 g/mol. The van der Waals surface area contributed by atoms with Crippen molar-refractivity contribution in [2.24, 2.45) is 0 Å². The third-order valence-electron chi connectivity index (χ3n) is 3.02. The first-order valence-corrected chi connectivity index (χ1v) is 6.75. The van der Waals surface area contributed by atoms with E-state index < -0.39 is 6.10 Å². The van der Waals surface area contributed by atoms with Crippen LogP contribution in [0.2, 0.25) is 0 Å². The number of carbonyl (C=O) groups excluding carboxylic acids is 1. The fraction of sp³-hybridized carbons (Fsp3) is 0.923. The van der Waals surface area contributed by atoms with E-state index in [1.54, 1.807) is 6.92 Å². The number of carbonyl (C=O) groups is 1. The van der Waals surface area contributed by atoms with Crippen molar-refractivity contribution in [3.05, 3.63) is 0 Å². The van der Waals surface area contributed by atoms with E-state index in [1.165, 1.54) is 12.8 Å². The minimum absolute atomic E-state index is 0.114. The minimum Gasteiger partial charge on any atom is -0.466 e. The quantitative estimate of drug-likeness (QED) is 0.624. The highest BCUT2D eigenvalue weighted by atomic mass is 16.5. The van der Waals surface area contributed by atoms with Crippen molar-refractivity contribution < 1.29 is 14.6 Å². The van der Waals surface area contributed by atoms with Gasteiger partial charge < -0.3 is 9.84 Å². The van der Waals surface area contributed by atoms with Crippen LogP contribution in [0.4, 0.5) is 0 Å². The largest absolute Gasteiger partial charge is 0.466 e. The van der Waals surface area contributed by atoms with Gasteiger partial charge in [-0.1, -0.05) is 13.3 Å². The van der Waals surface area contributed by atoms with Gasteiger partial charge in [0.15, 0.2) is 0 Å². The molecule has 0 aromatic heterocycles. The first kappa shape index (κ1) is 14.5. The van der Waals surface area contributed by atoms with E-state index in [-0.39, 0.29) is 12.4 Å². The molecule has 1 atom stereocenters. The molecule has 0 aromatic carbocycles. The Morgan fingerprint density at radius 1 is 1.47 bits per heavy atom. The first-order chi connectivity index (χ1) is 8.17. The Kier molecular flexibility index (Phi) is 6.52. The zero-order chi connectivity index (χ0) is 12.7. The van der Waals surface area contributed by atoms with Gasteiger partial charge in [0, 0.05) is 12.6 Å². The second-order valence-corrected chi connectivity index (χ2v) is 4.74. The minimum atomic E-state index is -0.591. The molecule has 1 fully saturated rings. The summed E-state index contributed by atoms with van der Waals surface area (Å²) < 4.78 is 4.83. The van der Waals surface area contributed by atoms with Crippen molar-refractivity contribution in [1.82, 2.24) is 4.90 Å². The molecule has 100 valence electrons. The van der Waals surface area contributed by atoms with Crippen LogP contribution in [0.1, 0.15) is 46.0 Å². The molecule has 1 aliphatic carbocycles. The second-order valence-electron chi connectivity index (χ2n) is 4.74. The van der Waals surface area contributed by atoms with E-state index >= 15 is 0 Å². The molecular formula is C13H25NO3. The maximum absolute atomic E-state index is 11.2. The molecule has 1 aliphatic rings. The van der Waals surface area contributed by atoms with E-state index in [4.69, 9.17) is 4.74 Å². The maximum Gasteiger partial charge on any atom is 0.308 e. The average Bonchev–Trinajstić information content (AvgIpc) is 3.08. The molecule has 0 aliphatic heterocycles. The SMILES string of the molecule is CCCCN(CC(O)CC(=O)OCC)C1CC1. The second kappa shape index (κ2) is 7.67. The van der Waals surface area contributed by atoms with Gasteiger partial charge in [0.2, 0.25) is 0 Å². The molecule has 1 N–H and O–H groups in total. The normalized spacial score (nSPS) is 17.2. The van der Waals surface area contributed by atoms with Gasteiger partial charge in [-0.2, -0.15) is 0 Å². The van der Waals surface area contributed by atoms with Gasteiger partial charge in [0.05, 0.1) is 19.1 Å². The molecule has 1 saturated carbocycles. The lowest BCUT2D eigenvalue weighted by atomic mass is 10.2. The van der Waals surface area contributed by atoms with E-state index in [0.29, 0.717) is 19.2 Å². The Balaban J connectivity index is 2.25. The van der Waals surface area contributed by atoms with Gasteiger partial charge >= 0.3 is 5.97 Å². The van der Waals surface area contributed by atoms with Crippen molar-refractivity contribution in [3.63, 3.8) is 0 Å². The van der Waals surface area contributed by atoms with E-state index in [9.17, 15) is 9.90 Å². The molecule has 0 aromatic rings. The van der Waals surface area contributed by atoms with E-state index in [0.717, 1.165) is 19.4 Å². The van der Waals surface area contributed by atoms with Crippen LogP contribution < -0.4 is 0 Å². The summed E-state index contributed by atoms with van der Waals surface area (Å²) in [5.41, 5.74) is 0. The molecule has 0 radical (unpaired) electrons. The van der Waals surface area contributed by atoms with Gasteiger partial charge in [0.25, 0.3) is 0 Å². The Morgan fingerprint density at radius 3 is 2.71 bits per heavy atom. The zero-order valence-corrected chi connectivity index (χ0v) is 11.0. The predicted octanol–water partition coefficient (Wildman–Crippen LogP) is 1.56. The zero-order valence-electron chi connectivity index (χ0n) is 11.0. The van der Waals surface area contributed by atoms with Crippen LogP contribution in [0.5, 0.6) is 0 Å². The third-order valence-corrected chi connectivity index (χ3v) is 3.02. The Hall–Kier alpha value is -0.610. The molecule has 4 heteroatoms. The van der Waals surface area contributed by atoms with Crippen LogP contribution in [0.25, 0.3) is 0 Å². The number of unbranched alkanes of at least 4 members (excludes halogenated alkanes) is 1.